The molecule has 0 saturated heterocycles. The Bertz CT molecular complexity index is 736. The van der Waals surface area contributed by atoms with Crippen molar-refractivity contribution in [3.63, 3.8) is 0 Å². The summed E-state index contributed by atoms with van der Waals surface area (Å²) >= 11 is 5.29. The highest BCUT2D eigenvalue weighted by atomic mass is 32.1. The Morgan fingerprint density at radius 2 is 2.00 bits per heavy atom. The van der Waals surface area contributed by atoms with Crippen LogP contribution in [0.5, 0.6) is 0 Å². The highest BCUT2D eigenvalue weighted by molar-refractivity contribution is 7.80. The summed E-state index contributed by atoms with van der Waals surface area (Å²) < 4.78 is 26.4. The van der Waals surface area contributed by atoms with Crippen molar-refractivity contribution in [3.8, 4) is 0 Å². The lowest BCUT2D eigenvalue weighted by Gasteiger charge is -2.27. The summed E-state index contributed by atoms with van der Waals surface area (Å²) in [6.07, 6.45) is 3.23. The molecule has 1 atom stereocenters. The molecule has 0 aliphatic heterocycles. The van der Waals surface area contributed by atoms with E-state index in [0.29, 0.717) is 10.7 Å². The molecule has 0 spiro atoms. The quantitative estimate of drug-likeness (QED) is 0.584. The Labute approximate surface area is 145 Å². The third-order valence-electron chi connectivity index (χ3n) is 4.17. The van der Waals surface area contributed by atoms with Gasteiger partial charge in [0.1, 0.15) is 11.6 Å². The molecule has 2 aromatic rings. The second kappa shape index (κ2) is 7.68. The van der Waals surface area contributed by atoms with Crippen LogP contribution < -0.4 is 16.2 Å². The molecule has 0 unspecified atom stereocenters. The first-order valence-corrected chi connectivity index (χ1v) is 8.35. The number of hydrogen-bond donors (Lipinski definition) is 3. The van der Waals surface area contributed by atoms with E-state index in [1.54, 1.807) is 0 Å². The fraction of sp³-hybridized carbons (Fsp3) is 0.278. The lowest BCUT2D eigenvalue weighted by molar-refractivity contribution is 0.512. The number of rotatable bonds is 4. The van der Waals surface area contributed by atoms with E-state index in [9.17, 15) is 8.78 Å². The Balaban J connectivity index is 1.52. The second-order valence-corrected chi connectivity index (χ2v) is 6.24. The monoisotopic (exact) mass is 347 g/mol. The van der Waals surface area contributed by atoms with Gasteiger partial charge in [-0.2, -0.15) is 0 Å². The molecule has 24 heavy (non-hydrogen) atoms. The van der Waals surface area contributed by atoms with Gasteiger partial charge in [-0.1, -0.05) is 30.3 Å². The maximum atomic E-state index is 13.6. The highest BCUT2D eigenvalue weighted by Gasteiger charge is 2.20. The van der Waals surface area contributed by atoms with Gasteiger partial charge in [-0.25, -0.2) is 14.2 Å². The van der Waals surface area contributed by atoms with Gasteiger partial charge in [0.25, 0.3) is 0 Å². The molecule has 1 aliphatic carbocycles. The van der Waals surface area contributed by atoms with Gasteiger partial charge in [0.05, 0.1) is 6.04 Å². The van der Waals surface area contributed by atoms with Gasteiger partial charge < -0.3 is 5.32 Å². The first-order valence-electron chi connectivity index (χ1n) is 7.94. The zero-order valence-corrected chi connectivity index (χ0v) is 13.9. The Morgan fingerprint density at radius 1 is 1.17 bits per heavy atom. The lowest BCUT2D eigenvalue weighted by Crippen LogP contribution is -2.45. The van der Waals surface area contributed by atoms with E-state index in [1.807, 2.05) is 6.07 Å². The molecule has 0 amide bonds. The summed E-state index contributed by atoms with van der Waals surface area (Å²) in [4.78, 5) is 0. The Kier molecular flexibility index (Phi) is 5.37. The van der Waals surface area contributed by atoms with E-state index in [-0.39, 0.29) is 12.6 Å². The molecule has 2 aromatic carbocycles. The van der Waals surface area contributed by atoms with Crippen LogP contribution in [0.15, 0.2) is 42.5 Å². The summed E-state index contributed by atoms with van der Waals surface area (Å²) in [6.45, 7) is 0.204. The van der Waals surface area contributed by atoms with Crippen molar-refractivity contribution in [1.29, 1.82) is 0 Å². The molecule has 3 N–H and O–H groups in total. The Morgan fingerprint density at radius 3 is 2.83 bits per heavy atom. The van der Waals surface area contributed by atoms with Crippen LogP contribution in [-0.4, -0.2) is 5.11 Å². The molecule has 126 valence electrons. The standard InChI is InChI=1S/C18H19F2N3S/c19-14-9-8-13(16(20)10-14)11-21-23-18(24)22-17-7-3-5-12-4-1-2-6-15(12)17/h1-2,4,6,8-10,17,21H,3,5,7,11H2,(H2,22,23,24)/t17-/m1/s1. The topological polar surface area (TPSA) is 36.1 Å². The summed E-state index contributed by atoms with van der Waals surface area (Å²) in [7, 11) is 0. The SMILES string of the molecule is Fc1ccc(CNNC(=S)N[C@@H]2CCCc3ccccc32)c(F)c1. The van der Waals surface area contributed by atoms with Crippen molar-refractivity contribution in [1.82, 2.24) is 16.2 Å². The maximum Gasteiger partial charge on any atom is 0.181 e. The van der Waals surface area contributed by atoms with Crippen LogP contribution in [0.1, 0.15) is 35.6 Å². The molecule has 0 radical (unpaired) electrons. The van der Waals surface area contributed by atoms with Gasteiger partial charge in [0.15, 0.2) is 5.11 Å². The zero-order chi connectivity index (χ0) is 16.9. The van der Waals surface area contributed by atoms with E-state index < -0.39 is 11.6 Å². The lowest BCUT2D eigenvalue weighted by atomic mass is 9.88. The first-order chi connectivity index (χ1) is 11.6. The van der Waals surface area contributed by atoms with E-state index in [2.05, 4.69) is 34.4 Å². The van der Waals surface area contributed by atoms with Gasteiger partial charge in [-0.15, -0.1) is 0 Å². The van der Waals surface area contributed by atoms with E-state index >= 15 is 0 Å². The van der Waals surface area contributed by atoms with E-state index in [0.717, 1.165) is 25.3 Å². The van der Waals surface area contributed by atoms with Gasteiger partial charge >= 0.3 is 0 Å². The van der Waals surface area contributed by atoms with Crippen molar-refractivity contribution in [2.75, 3.05) is 0 Å². The molecule has 6 heteroatoms. The number of hydrazine groups is 1. The highest BCUT2D eigenvalue weighted by Crippen LogP contribution is 2.29. The van der Waals surface area contributed by atoms with Crippen LogP contribution in [0.3, 0.4) is 0 Å². The molecular weight excluding hydrogens is 328 g/mol. The van der Waals surface area contributed by atoms with Crippen LogP contribution in [0.2, 0.25) is 0 Å². The van der Waals surface area contributed by atoms with Crippen molar-refractivity contribution in [3.05, 3.63) is 70.8 Å². The van der Waals surface area contributed by atoms with Crippen LogP contribution >= 0.6 is 12.2 Å². The number of benzene rings is 2. The summed E-state index contributed by atoms with van der Waals surface area (Å²) in [6, 6.07) is 12.0. The van der Waals surface area contributed by atoms with Crippen LogP contribution in [0, 0.1) is 11.6 Å². The van der Waals surface area contributed by atoms with Crippen LogP contribution in [-0.2, 0) is 13.0 Å². The smallest absolute Gasteiger partial charge is 0.181 e. The fourth-order valence-corrected chi connectivity index (χ4v) is 3.20. The normalized spacial score (nSPS) is 16.3. The molecule has 3 rings (SSSR count). The molecule has 0 bridgehead atoms. The minimum Gasteiger partial charge on any atom is -0.355 e. The molecule has 0 aromatic heterocycles. The summed E-state index contributed by atoms with van der Waals surface area (Å²) in [5.74, 6) is -1.17. The predicted molar refractivity (Wildman–Crippen MR) is 94.2 cm³/mol. The molecule has 0 heterocycles. The zero-order valence-electron chi connectivity index (χ0n) is 13.1. The van der Waals surface area contributed by atoms with Crippen molar-refractivity contribution in [2.45, 2.75) is 31.8 Å². The van der Waals surface area contributed by atoms with Crippen LogP contribution in [0.4, 0.5) is 8.78 Å². The third kappa shape index (κ3) is 4.07. The van der Waals surface area contributed by atoms with Crippen molar-refractivity contribution >= 4 is 17.3 Å². The van der Waals surface area contributed by atoms with Gasteiger partial charge in [0.2, 0.25) is 0 Å². The van der Waals surface area contributed by atoms with Crippen molar-refractivity contribution < 1.29 is 8.78 Å². The molecule has 1 aliphatic rings. The van der Waals surface area contributed by atoms with E-state index in [4.69, 9.17) is 12.2 Å². The summed E-state index contributed by atoms with van der Waals surface area (Å²) in [5.41, 5.74) is 8.72. The second-order valence-electron chi connectivity index (χ2n) is 5.83. The Hall–Kier alpha value is -2.05. The molecule has 0 fully saturated rings. The maximum absolute atomic E-state index is 13.6. The number of aryl methyl sites for hydroxylation is 1. The average molecular weight is 347 g/mol. The molecule has 3 nitrogen and oxygen atoms in total. The van der Waals surface area contributed by atoms with Gasteiger partial charge in [-0.05, 0) is 48.7 Å². The van der Waals surface area contributed by atoms with Gasteiger partial charge in [0, 0.05) is 18.2 Å². The minimum atomic E-state index is -0.586. The fourth-order valence-electron chi connectivity index (χ4n) is 2.98. The van der Waals surface area contributed by atoms with Crippen molar-refractivity contribution in [2.24, 2.45) is 0 Å². The largest absolute Gasteiger partial charge is 0.355 e. The first kappa shape index (κ1) is 16.8. The number of fused-ring (bicyclic) bond motifs is 1. The average Bonchev–Trinajstić information content (AvgIpc) is 2.57. The third-order valence-corrected chi connectivity index (χ3v) is 4.39. The number of thiocarbonyl (C=S) groups is 1. The summed E-state index contributed by atoms with van der Waals surface area (Å²) in [5, 5.41) is 3.75. The number of halogens is 2. The molecule has 0 saturated carbocycles. The predicted octanol–water partition coefficient (Wildman–Crippen LogP) is 3.51. The number of hydrogen-bond acceptors (Lipinski definition) is 2. The number of nitrogens with one attached hydrogen (secondary N) is 3. The van der Waals surface area contributed by atoms with Gasteiger partial charge in [-0.3, -0.25) is 5.43 Å². The van der Waals surface area contributed by atoms with E-state index in [1.165, 1.54) is 23.3 Å². The molecular formula is C18H19F2N3S. The van der Waals surface area contributed by atoms with Crippen LogP contribution in [0.25, 0.3) is 0 Å². The minimum absolute atomic E-state index is 0.180.